The quantitative estimate of drug-likeness (QED) is 0.495. The van der Waals surface area contributed by atoms with Crippen LogP contribution < -0.4 is 0 Å². The molecular formula is C19H28O5. The van der Waals surface area contributed by atoms with Crippen molar-refractivity contribution in [1.82, 2.24) is 0 Å². The molecule has 0 aliphatic heterocycles. The molecule has 1 atom stereocenters. The summed E-state index contributed by atoms with van der Waals surface area (Å²) < 4.78 is 10.1. The Morgan fingerprint density at radius 1 is 1.04 bits per heavy atom. The summed E-state index contributed by atoms with van der Waals surface area (Å²) in [6.45, 7) is 4.03. The molecule has 5 heteroatoms. The van der Waals surface area contributed by atoms with E-state index in [0.29, 0.717) is 6.42 Å². The van der Waals surface area contributed by atoms with E-state index in [1.807, 2.05) is 30.3 Å². The Hall–Kier alpha value is -1.88. The maximum Gasteiger partial charge on any atom is 0.338 e. The third kappa shape index (κ3) is 7.13. The first-order valence-corrected chi connectivity index (χ1v) is 8.61. The lowest BCUT2D eigenvalue weighted by atomic mass is 9.92. The van der Waals surface area contributed by atoms with Crippen LogP contribution in [0.1, 0.15) is 57.9 Å². The van der Waals surface area contributed by atoms with Gasteiger partial charge in [0.2, 0.25) is 0 Å². The van der Waals surface area contributed by atoms with E-state index < -0.39 is 17.5 Å². The van der Waals surface area contributed by atoms with E-state index in [-0.39, 0.29) is 26.1 Å². The fourth-order valence-electron chi connectivity index (χ4n) is 2.40. The summed E-state index contributed by atoms with van der Waals surface area (Å²) in [7, 11) is 0. The van der Waals surface area contributed by atoms with Crippen molar-refractivity contribution in [3.05, 3.63) is 35.9 Å². The molecule has 1 rings (SSSR count). The van der Waals surface area contributed by atoms with Gasteiger partial charge in [0.1, 0.15) is 6.61 Å². The van der Waals surface area contributed by atoms with Gasteiger partial charge in [-0.3, -0.25) is 4.79 Å². The van der Waals surface area contributed by atoms with Crippen molar-refractivity contribution in [2.24, 2.45) is 0 Å². The summed E-state index contributed by atoms with van der Waals surface area (Å²) in [5.74, 6) is -1.36. The maximum atomic E-state index is 12.1. The maximum absolute atomic E-state index is 12.1. The summed E-state index contributed by atoms with van der Waals surface area (Å²) in [4.78, 5) is 24.1. The lowest BCUT2D eigenvalue weighted by molar-refractivity contribution is -0.173. The van der Waals surface area contributed by atoms with E-state index in [9.17, 15) is 14.7 Å². The lowest BCUT2D eigenvalue weighted by Crippen LogP contribution is -2.42. The molecule has 24 heavy (non-hydrogen) atoms. The first-order valence-electron chi connectivity index (χ1n) is 8.61. The number of rotatable bonds is 11. The van der Waals surface area contributed by atoms with Crippen molar-refractivity contribution in [2.75, 3.05) is 6.61 Å². The second-order valence-electron chi connectivity index (χ2n) is 5.89. The predicted molar refractivity (Wildman–Crippen MR) is 91.2 cm³/mol. The first kappa shape index (κ1) is 20.2. The van der Waals surface area contributed by atoms with Gasteiger partial charge in [-0.1, -0.05) is 56.5 Å². The van der Waals surface area contributed by atoms with Gasteiger partial charge in [-0.25, -0.2) is 4.79 Å². The van der Waals surface area contributed by atoms with E-state index in [4.69, 9.17) is 9.47 Å². The number of unbranched alkanes of at least 4 members (excludes halogenated alkanes) is 3. The van der Waals surface area contributed by atoms with Gasteiger partial charge in [0.25, 0.3) is 0 Å². The molecule has 1 aromatic carbocycles. The fraction of sp³-hybridized carbons (Fsp3) is 0.579. The van der Waals surface area contributed by atoms with Gasteiger partial charge in [-0.2, -0.15) is 0 Å². The highest BCUT2D eigenvalue weighted by Gasteiger charge is 2.39. The number of carbonyl (C=O) groups excluding carboxylic acids is 2. The molecule has 0 fully saturated rings. The SMILES string of the molecule is CCCCCC[C@](O)(CC(=O)OCc1ccccc1)C(=O)OCC. The molecule has 0 bridgehead atoms. The molecule has 0 amide bonds. The van der Waals surface area contributed by atoms with Gasteiger partial charge in [0.05, 0.1) is 13.0 Å². The Morgan fingerprint density at radius 2 is 1.75 bits per heavy atom. The number of esters is 2. The minimum absolute atomic E-state index is 0.119. The standard InChI is InChI=1S/C19H28O5/c1-3-5-6-10-13-19(22,18(21)23-4-2)14-17(20)24-15-16-11-8-7-9-12-16/h7-9,11-12,22H,3-6,10,13-15H2,1-2H3/t19-/m0/s1. The van der Waals surface area contributed by atoms with Crippen molar-refractivity contribution in [3.63, 3.8) is 0 Å². The van der Waals surface area contributed by atoms with Crippen molar-refractivity contribution in [3.8, 4) is 0 Å². The Kier molecular flexibility index (Phi) is 9.08. The highest BCUT2D eigenvalue weighted by atomic mass is 16.6. The van der Waals surface area contributed by atoms with Gasteiger partial charge in [0, 0.05) is 0 Å². The van der Waals surface area contributed by atoms with Crippen molar-refractivity contribution in [2.45, 2.75) is 64.6 Å². The summed E-state index contributed by atoms with van der Waals surface area (Å²) in [6, 6.07) is 9.27. The Morgan fingerprint density at radius 3 is 2.38 bits per heavy atom. The number of hydrogen-bond acceptors (Lipinski definition) is 5. The van der Waals surface area contributed by atoms with Gasteiger partial charge in [-0.05, 0) is 25.3 Å². The Labute approximate surface area is 144 Å². The first-order chi connectivity index (χ1) is 11.5. The highest BCUT2D eigenvalue weighted by Crippen LogP contribution is 2.23. The minimum atomic E-state index is -1.81. The monoisotopic (exact) mass is 336 g/mol. The van der Waals surface area contributed by atoms with Gasteiger partial charge >= 0.3 is 11.9 Å². The van der Waals surface area contributed by atoms with Crippen molar-refractivity contribution in [1.29, 1.82) is 0 Å². The van der Waals surface area contributed by atoms with E-state index in [1.54, 1.807) is 6.92 Å². The fourth-order valence-corrected chi connectivity index (χ4v) is 2.40. The second-order valence-corrected chi connectivity index (χ2v) is 5.89. The normalized spacial score (nSPS) is 13.1. The third-order valence-electron chi connectivity index (χ3n) is 3.78. The van der Waals surface area contributed by atoms with Crippen molar-refractivity contribution >= 4 is 11.9 Å². The number of hydrogen-bond donors (Lipinski definition) is 1. The summed E-state index contributed by atoms with van der Waals surface area (Å²) in [6.07, 6.45) is 3.46. The van der Waals surface area contributed by atoms with Crippen LogP contribution in [-0.4, -0.2) is 29.3 Å². The summed E-state index contributed by atoms with van der Waals surface area (Å²) in [5, 5.41) is 10.6. The van der Waals surface area contributed by atoms with Crippen LogP contribution >= 0.6 is 0 Å². The van der Waals surface area contributed by atoms with Crippen LogP contribution in [0.5, 0.6) is 0 Å². The molecule has 1 N–H and O–H groups in total. The number of benzene rings is 1. The van der Waals surface area contributed by atoms with E-state index in [1.165, 1.54) is 0 Å². The van der Waals surface area contributed by atoms with E-state index >= 15 is 0 Å². The molecule has 0 aromatic heterocycles. The molecule has 0 unspecified atom stereocenters. The molecule has 0 aliphatic carbocycles. The lowest BCUT2D eigenvalue weighted by Gasteiger charge is -2.25. The van der Waals surface area contributed by atoms with Crippen molar-refractivity contribution < 1.29 is 24.2 Å². The highest BCUT2D eigenvalue weighted by molar-refractivity contribution is 5.85. The van der Waals surface area contributed by atoms with E-state index in [0.717, 1.165) is 24.8 Å². The molecule has 1 aromatic rings. The van der Waals surface area contributed by atoms with Gasteiger partial charge < -0.3 is 14.6 Å². The average molecular weight is 336 g/mol. The average Bonchev–Trinajstić information content (AvgIpc) is 2.58. The van der Waals surface area contributed by atoms with Crippen LogP contribution in [0, 0.1) is 0 Å². The number of ether oxygens (including phenoxy) is 2. The Balaban J connectivity index is 2.58. The van der Waals surface area contributed by atoms with Gasteiger partial charge in [0.15, 0.2) is 5.60 Å². The zero-order valence-electron chi connectivity index (χ0n) is 14.6. The zero-order valence-corrected chi connectivity index (χ0v) is 14.6. The topological polar surface area (TPSA) is 72.8 Å². The zero-order chi connectivity index (χ0) is 17.8. The number of aliphatic hydroxyl groups is 1. The van der Waals surface area contributed by atoms with Crippen LogP contribution in [0.4, 0.5) is 0 Å². The molecule has 0 heterocycles. The largest absolute Gasteiger partial charge is 0.464 e. The summed E-state index contributed by atoms with van der Waals surface area (Å²) >= 11 is 0. The van der Waals surface area contributed by atoms with Crippen LogP contribution in [0.15, 0.2) is 30.3 Å². The minimum Gasteiger partial charge on any atom is -0.464 e. The number of carbonyl (C=O) groups is 2. The Bertz CT molecular complexity index is 500. The van der Waals surface area contributed by atoms with Crippen LogP contribution in [0.2, 0.25) is 0 Å². The van der Waals surface area contributed by atoms with E-state index in [2.05, 4.69) is 6.92 Å². The second kappa shape index (κ2) is 10.8. The molecule has 0 saturated heterocycles. The molecule has 5 nitrogen and oxygen atoms in total. The molecule has 0 aliphatic rings. The molecule has 0 spiro atoms. The smallest absolute Gasteiger partial charge is 0.338 e. The summed E-state index contributed by atoms with van der Waals surface area (Å²) in [5.41, 5.74) is -0.953. The van der Waals surface area contributed by atoms with Gasteiger partial charge in [-0.15, -0.1) is 0 Å². The van der Waals surface area contributed by atoms with Crippen LogP contribution in [0.3, 0.4) is 0 Å². The van der Waals surface area contributed by atoms with Crippen LogP contribution in [0.25, 0.3) is 0 Å². The molecular weight excluding hydrogens is 308 g/mol. The molecule has 134 valence electrons. The molecule has 0 saturated carbocycles. The third-order valence-corrected chi connectivity index (χ3v) is 3.78. The molecule has 0 radical (unpaired) electrons. The van der Waals surface area contributed by atoms with Crippen LogP contribution in [-0.2, 0) is 25.7 Å². The predicted octanol–water partition coefficient (Wildman–Crippen LogP) is 3.38.